The van der Waals surface area contributed by atoms with E-state index in [-0.39, 0.29) is 0 Å². The number of carbonyl (C=O) groups excluding carboxylic acids is 1. The van der Waals surface area contributed by atoms with E-state index in [2.05, 4.69) is 22.9 Å². The number of unbranched alkanes of at least 4 members (excludes halogenated alkanes) is 2. The highest BCUT2D eigenvalue weighted by Crippen LogP contribution is 2.30. The van der Waals surface area contributed by atoms with E-state index < -0.39 is 0 Å². The Labute approximate surface area is 95.1 Å². The summed E-state index contributed by atoms with van der Waals surface area (Å²) in [5, 5.41) is 0. The van der Waals surface area contributed by atoms with Gasteiger partial charge in [0.2, 0.25) is 0 Å². The predicted octanol–water partition coefficient (Wildman–Crippen LogP) is 4.36. The van der Waals surface area contributed by atoms with Crippen molar-refractivity contribution in [2.75, 3.05) is 0 Å². The second-order valence-electron chi connectivity index (χ2n) is 3.97. The van der Waals surface area contributed by atoms with Gasteiger partial charge in [-0.2, -0.15) is 0 Å². The Morgan fingerprint density at radius 1 is 1.29 bits per heavy atom. The fourth-order valence-corrected chi connectivity index (χ4v) is 2.55. The lowest BCUT2D eigenvalue weighted by atomic mass is 9.94. The van der Waals surface area contributed by atoms with Crippen LogP contribution in [0.5, 0.6) is 0 Å². The van der Waals surface area contributed by atoms with Crippen molar-refractivity contribution in [3.05, 3.63) is 10.1 Å². The van der Waals surface area contributed by atoms with Crippen LogP contribution in [-0.4, -0.2) is 5.78 Å². The summed E-state index contributed by atoms with van der Waals surface area (Å²) in [4.78, 5) is 11.8. The summed E-state index contributed by atoms with van der Waals surface area (Å²) in [6.45, 7) is 2.17. The largest absolute Gasteiger partial charge is 0.295 e. The third-order valence-corrected chi connectivity index (χ3v) is 3.62. The molecular weight excluding hydrogens is 240 g/mol. The number of halogens is 1. The van der Waals surface area contributed by atoms with Gasteiger partial charge in [0.25, 0.3) is 0 Å². The van der Waals surface area contributed by atoms with Crippen LogP contribution in [0.4, 0.5) is 0 Å². The summed E-state index contributed by atoms with van der Waals surface area (Å²) in [5.41, 5.74) is 1.08. The molecule has 1 nitrogen and oxygen atoms in total. The molecule has 14 heavy (non-hydrogen) atoms. The van der Waals surface area contributed by atoms with Crippen LogP contribution in [0.1, 0.15) is 58.3 Å². The minimum atomic E-state index is 0.380. The molecule has 0 unspecified atom stereocenters. The second-order valence-corrected chi connectivity index (χ2v) is 4.93. The number of carbonyl (C=O) groups is 1. The van der Waals surface area contributed by atoms with Crippen LogP contribution in [0.25, 0.3) is 0 Å². The Morgan fingerprint density at radius 3 is 2.64 bits per heavy atom. The van der Waals surface area contributed by atoms with E-state index in [4.69, 9.17) is 0 Å². The SMILES string of the molecule is CCCCCC(=O)C1=C(Br)CCCC1. The fourth-order valence-electron chi connectivity index (χ4n) is 1.85. The predicted molar refractivity (Wildman–Crippen MR) is 63.6 cm³/mol. The lowest BCUT2D eigenvalue weighted by Gasteiger charge is -2.15. The highest BCUT2D eigenvalue weighted by atomic mass is 79.9. The molecule has 80 valence electrons. The summed E-state index contributed by atoms with van der Waals surface area (Å²) < 4.78 is 1.17. The van der Waals surface area contributed by atoms with Gasteiger partial charge >= 0.3 is 0 Å². The number of hydrogen-bond donors (Lipinski definition) is 0. The van der Waals surface area contributed by atoms with Crippen molar-refractivity contribution in [3.63, 3.8) is 0 Å². The van der Waals surface area contributed by atoms with E-state index in [9.17, 15) is 4.79 Å². The van der Waals surface area contributed by atoms with Crippen LogP contribution < -0.4 is 0 Å². The lowest BCUT2D eigenvalue weighted by molar-refractivity contribution is -0.115. The van der Waals surface area contributed by atoms with Gasteiger partial charge < -0.3 is 0 Å². The first kappa shape index (κ1) is 12.0. The van der Waals surface area contributed by atoms with Crippen LogP contribution >= 0.6 is 15.9 Å². The van der Waals surface area contributed by atoms with Gasteiger partial charge in [0.05, 0.1) is 0 Å². The molecule has 2 heteroatoms. The fraction of sp³-hybridized carbons (Fsp3) is 0.750. The van der Waals surface area contributed by atoms with Gasteiger partial charge in [-0.3, -0.25) is 4.79 Å². The number of Topliss-reactive ketones (excluding diaryl/α,β-unsaturated/α-hetero) is 1. The van der Waals surface area contributed by atoms with Crippen LogP contribution in [0.15, 0.2) is 10.1 Å². The maximum absolute atomic E-state index is 11.8. The molecule has 0 fully saturated rings. The summed E-state index contributed by atoms with van der Waals surface area (Å²) in [5.74, 6) is 0.380. The summed E-state index contributed by atoms with van der Waals surface area (Å²) in [6, 6.07) is 0. The molecule has 0 aliphatic heterocycles. The van der Waals surface area contributed by atoms with Gasteiger partial charge in [-0.15, -0.1) is 0 Å². The molecule has 0 saturated heterocycles. The summed E-state index contributed by atoms with van der Waals surface area (Å²) >= 11 is 3.52. The van der Waals surface area contributed by atoms with Crippen molar-refractivity contribution in [2.24, 2.45) is 0 Å². The van der Waals surface area contributed by atoms with Gasteiger partial charge in [0.1, 0.15) is 0 Å². The molecule has 0 aromatic carbocycles. The first-order valence-electron chi connectivity index (χ1n) is 5.66. The Kier molecular flexibility index (Phi) is 5.46. The molecule has 0 spiro atoms. The van der Waals surface area contributed by atoms with Crippen molar-refractivity contribution in [1.82, 2.24) is 0 Å². The van der Waals surface area contributed by atoms with Crippen LogP contribution in [0, 0.1) is 0 Å². The van der Waals surface area contributed by atoms with Crippen molar-refractivity contribution in [2.45, 2.75) is 58.3 Å². The first-order chi connectivity index (χ1) is 6.75. The van der Waals surface area contributed by atoms with Crippen molar-refractivity contribution in [1.29, 1.82) is 0 Å². The van der Waals surface area contributed by atoms with Crippen LogP contribution in [-0.2, 0) is 4.79 Å². The van der Waals surface area contributed by atoms with Crippen molar-refractivity contribution >= 4 is 21.7 Å². The van der Waals surface area contributed by atoms with Crippen LogP contribution in [0.2, 0.25) is 0 Å². The van der Waals surface area contributed by atoms with E-state index in [0.717, 1.165) is 31.3 Å². The Balaban J connectivity index is 2.42. The minimum absolute atomic E-state index is 0.380. The standard InChI is InChI=1S/C12H19BrO/c1-2-3-4-9-12(14)10-7-5-6-8-11(10)13/h2-9H2,1H3. The molecule has 0 heterocycles. The molecule has 1 aliphatic carbocycles. The third-order valence-electron chi connectivity index (χ3n) is 2.74. The monoisotopic (exact) mass is 258 g/mol. The molecule has 0 N–H and O–H groups in total. The van der Waals surface area contributed by atoms with E-state index in [1.807, 2.05) is 0 Å². The molecule has 0 bridgehead atoms. The maximum Gasteiger partial charge on any atom is 0.159 e. The van der Waals surface area contributed by atoms with Gasteiger partial charge in [-0.05, 0) is 32.1 Å². The van der Waals surface area contributed by atoms with E-state index in [1.165, 1.54) is 30.2 Å². The zero-order valence-corrected chi connectivity index (χ0v) is 10.5. The topological polar surface area (TPSA) is 17.1 Å². The van der Waals surface area contributed by atoms with Gasteiger partial charge in [0.15, 0.2) is 5.78 Å². The molecular formula is C12H19BrO. The molecule has 1 rings (SSSR count). The second kappa shape index (κ2) is 6.39. The minimum Gasteiger partial charge on any atom is -0.295 e. The first-order valence-corrected chi connectivity index (χ1v) is 6.45. The Morgan fingerprint density at radius 2 is 2.00 bits per heavy atom. The zero-order valence-electron chi connectivity index (χ0n) is 8.94. The highest BCUT2D eigenvalue weighted by Gasteiger charge is 2.16. The van der Waals surface area contributed by atoms with Crippen LogP contribution in [0.3, 0.4) is 0 Å². The van der Waals surface area contributed by atoms with Crippen molar-refractivity contribution in [3.8, 4) is 0 Å². The summed E-state index contributed by atoms with van der Waals surface area (Å²) in [6.07, 6.45) is 8.64. The van der Waals surface area contributed by atoms with E-state index >= 15 is 0 Å². The number of ketones is 1. The molecule has 0 aromatic heterocycles. The average Bonchev–Trinajstić information content (AvgIpc) is 2.18. The molecule has 0 amide bonds. The smallest absolute Gasteiger partial charge is 0.159 e. The molecule has 0 saturated carbocycles. The summed E-state index contributed by atoms with van der Waals surface area (Å²) in [7, 11) is 0. The number of hydrogen-bond acceptors (Lipinski definition) is 1. The lowest BCUT2D eigenvalue weighted by Crippen LogP contribution is -2.07. The van der Waals surface area contributed by atoms with Crippen molar-refractivity contribution < 1.29 is 4.79 Å². The normalized spacial score (nSPS) is 17.3. The molecule has 0 radical (unpaired) electrons. The van der Waals surface area contributed by atoms with Gasteiger partial charge in [-0.1, -0.05) is 35.7 Å². The molecule has 0 atom stereocenters. The number of allylic oxidation sites excluding steroid dienone is 2. The highest BCUT2D eigenvalue weighted by molar-refractivity contribution is 9.11. The van der Waals surface area contributed by atoms with Gasteiger partial charge in [-0.25, -0.2) is 0 Å². The quantitative estimate of drug-likeness (QED) is 0.670. The third kappa shape index (κ3) is 3.56. The Bertz CT molecular complexity index is 230. The molecule has 0 aromatic rings. The van der Waals surface area contributed by atoms with Gasteiger partial charge in [0, 0.05) is 16.5 Å². The zero-order chi connectivity index (χ0) is 10.4. The molecule has 1 aliphatic rings. The number of rotatable bonds is 5. The van der Waals surface area contributed by atoms with E-state index in [1.54, 1.807) is 0 Å². The Hall–Kier alpha value is -0.110. The maximum atomic E-state index is 11.8. The average molecular weight is 259 g/mol. The van der Waals surface area contributed by atoms with E-state index in [0.29, 0.717) is 5.78 Å².